The molecule has 3 atom stereocenters. The molecule has 1 rings (SSSR count). The second kappa shape index (κ2) is 6.87. The number of nitrogens with one attached hydrogen (secondary N) is 1. The quantitative estimate of drug-likeness (QED) is 0.635. The number of thioether (sulfide) groups is 1. The molecule has 0 bridgehead atoms. The van der Waals surface area contributed by atoms with Gasteiger partial charge in [0, 0.05) is 17.3 Å². The molecular weight excluding hydrogens is 250 g/mol. The summed E-state index contributed by atoms with van der Waals surface area (Å²) in [5, 5.41) is 32.1. The van der Waals surface area contributed by atoms with Crippen LogP contribution >= 0.6 is 11.8 Å². The summed E-state index contributed by atoms with van der Waals surface area (Å²) in [6.07, 6.45) is 1.95. The summed E-state index contributed by atoms with van der Waals surface area (Å²) in [6.45, 7) is 3.94. The van der Waals surface area contributed by atoms with Gasteiger partial charge in [-0.1, -0.05) is 6.07 Å². The highest BCUT2D eigenvalue weighted by atomic mass is 32.2. The monoisotopic (exact) mass is 271 g/mol. The van der Waals surface area contributed by atoms with Gasteiger partial charge in [-0.05, 0) is 32.2 Å². The van der Waals surface area contributed by atoms with Crippen molar-refractivity contribution in [2.45, 2.75) is 31.2 Å². The standard InChI is InChI=1S/C13H21NO3S/c1-8(12(7-15)18-3)14-9(2)13-10(16)5-4-6-11(13)17/h4-6,8-9,12,14-17H,7H2,1-3H3. The van der Waals surface area contributed by atoms with Crippen LogP contribution in [0.2, 0.25) is 0 Å². The summed E-state index contributed by atoms with van der Waals surface area (Å²) < 4.78 is 0. The number of hydrogen-bond donors (Lipinski definition) is 4. The van der Waals surface area contributed by atoms with Gasteiger partial charge in [0.15, 0.2) is 0 Å². The van der Waals surface area contributed by atoms with E-state index >= 15 is 0 Å². The van der Waals surface area contributed by atoms with E-state index in [0.29, 0.717) is 5.56 Å². The summed E-state index contributed by atoms with van der Waals surface area (Å²) in [7, 11) is 0. The van der Waals surface area contributed by atoms with Crippen LogP contribution in [-0.4, -0.2) is 39.5 Å². The summed E-state index contributed by atoms with van der Waals surface area (Å²) in [4.78, 5) is 0. The molecule has 4 nitrogen and oxygen atoms in total. The van der Waals surface area contributed by atoms with E-state index in [-0.39, 0.29) is 35.4 Å². The van der Waals surface area contributed by atoms with Crippen molar-refractivity contribution in [3.8, 4) is 11.5 Å². The first-order valence-corrected chi connectivity index (χ1v) is 7.20. The second-order valence-electron chi connectivity index (χ2n) is 4.34. The van der Waals surface area contributed by atoms with Gasteiger partial charge in [-0.15, -0.1) is 0 Å². The van der Waals surface area contributed by atoms with Crippen molar-refractivity contribution < 1.29 is 15.3 Å². The Morgan fingerprint density at radius 1 is 1.22 bits per heavy atom. The van der Waals surface area contributed by atoms with E-state index in [1.807, 2.05) is 20.1 Å². The molecule has 0 aliphatic heterocycles. The first kappa shape index (κ1) is 15.1. The fourth-order valence-electron chi connectivity index (χ4n) is 2.01. The van der Waals surface area contributed by atoms with Crippen molar-refractivity contribution in [3.05, 3.63) is 23.8 Å². The maximum absolute atomic E-state index is 9.77. The molecule has 0 aliphatic rings. The van der Waals surface area contributed by atoms with Crippen molar-refractivity contribution in [2.75, 3.05) is 12.9 Å². The minimum absolute atomic E-state index is 0.0685. The van der Waals surface area contributed by atoms with E-state index in [4.69, 9.17) is 0 Å². The summed E-state index contributed by atoms with van der Waals surface area (Å²) in [5.41, 5.74) is 0.488. The average molecular weight is 271 g/mol. The molecule has 0 saturated carbocycles. The lowest BCUT2D eigenvalue weighted by atomic mass is 10.0. The van der Waals surface area contributed by atoms with E-state index < -0.39 is 0 Å². The number of aliphatic hydroxyl groups is 1. The van der Waals surface area contributed by atoms with Crippen LogP contribution in [0.25, 0.3) is 0 Å². The topological polar surface area (TPSA) is 72.7 Å². The van der Waals surface area contributed by atoms with Gasteiger partial charge < -0.3 is 20.6 Å². The predicted octanol–water partition coefficient (Wildman–Crippen LogP) is 1.86. The Morgan fingerprint density at radius 3 is 2.22 bits per heavy atom. The fraction of sp³-hybridized carbons (Fsp3) is 0.538. The summed E-state index contributed by atoms with van der Waals surface area (Å²) in [5.74, 6) is 0.152. The molecule has 0 heterocycles. The molecule has 0 saturated heterocycles. The Labute approximate surface area is 112 Å². The van der Waals surface area contributed by atoms with Gasteiger partial charge in [0.25, 0.3) is 0 Å². The van der Waals surface area contributed by atoms with Crippen LogP contribution in [0, 0.1) is 0 Å². The molecule has 5 heteroatoms. The van der Waals surface area contributed by atoms with Crippen LogP contribution in [0.1, 0.15) is 25.5 Å². The molecule has 1 aromatic rings. The molecule has 3 unspecified atom stereocenters. The Morgan fingerprint density at radius 2 is 1.78 bits per heavy atom. The Balaban J connectivity index is 2.79. The molecular formula is C13H21NO3S. The van der Waals surface area contributed by atoms with Crippen LogP contribution in [0.5, 0.6) is 11.5 Å². The molecule has 102 valence electrons. The average Bonchev–Trinajstić information content (AvgIpc) is 2.30. The smallest absolute Gasteiger partial charge is 0.124 e. The van der Waals surface area contributed by atoms with E-state index in [1.165, 1.54) is 0 Å². The van der Waals surface area contributed by atoms with Gasteiger partial charge in [-0.25, -0.2) is 0 Å². The summed E-state index contributed by atoms with van der Waals surface area (Å²) in [6, 6.07) is 4.58. The van der Waals surface area contributed by atoms with Gasteiger partial charge in [-0.2, -0.15) is 11.8 Å². The second-order valence-corrected chi connectivity index (χ2v) is 5.42. The van der Waals surface area contributed by atoms with Gasteiger partial charge in [-0.3, -0.25) is 0 Å². The zero-order valence-electron chi connectivity index (χ0n) is 10.9. The van der Waals surface area contributed by atoms with Crippen LogP contribution in [-0.2, 0) is 0 Å². The van der Waals surface area contributed by atoms with E-state index in [0.717, 1.165) is 0 Å². The largest absolute Gasteiger partial charge is 0.507 e. The van der Waals surface area contributed by atoms with Crippen LogP contribution in [0.15, 0.2) is 18.2 Å². The Kier molecular flexibility index (Phi) is 5.78. The Hall–Kier alpha value is -0.910. The third kappa shape index (κ3) is 3.54. The molecule has 0 aliphatic carbocycles. The van der Waals surface area contributed by atoms with Crippen molar-refractivity contribution in [3.63, 3.8) is 0 Å². The van der Waals surface area contributed by atoms with E-state index in [2.05, 4.69) is 5.32 Å². The highest BCUT2D eigenvalue weighted by Crippen LogP contribution is 2.32. The lowest BCUT2D eigenvalue weighted by Gasteiger charge is -2.26. The number of hydrogen-bond acceptors (Lipinski definition) is 5. The van der Waals surface area contributed by atoms with Gasteiger partial charge in [0.2, 0.25) is 0 Å². The zero-order valence-corrected chi connectivity index (χ0v) is 11.7. The molecule has 0 spiro atoms. The summed E-state index contributed by atoms with van der Waals surface area (Å²) >= 11 is 1.59. The number of rotatable bonds is 6. The molecule has 1 aromatic carbocycles. The molecule has 0 aromatic heterocycles. The minimum atomic E-state index is -0.192. The lowest BCUT2D eigenvalue weighted by molar-refractivity contribution is 0.271. The van der Waals surface area contributed by atoms with E-state index in [9.17, 15) is 15.3 Å². The first-order chi connectivity index (χ1) is 8.51. The van der Waals surface area contributed by atoms with Crippen LogP contribution in [0.3, 0.4) is 0 Å². The maximum atomic E-state index is 9.77. The van der Waals surface area contributed by atoms with E-state index in [1.54, 1.807) is 30.0 Å². The number of benzene rings is 1. The Bertz CT molecular complexity index is 362. The minimum Gasteiger partial charge on any atom is -0.507 e. The third-order valence-corrected chi connectivity index (χ3v) is 4.21. The van der Waals surface area contributed by atoms with Gasteiger partial charge >= 0.3 is 0 Å². The fourth-order valence-corrected chi connectivity index (χ4v) is 2.64. The van der Waals surface area contributed by atoms with Gasteiger partial charge in [0.05, 0.1) is 12.2 Å². The third-order valence-electron chi connectivity index (χ3n) is 3.05. The highest BCUT2D eigenvalue weighted by molar-refractivity contribution is 7.99. The molecule has 18 heavy (non-hydrogen) atoms. The van der Waals surface area contributed by atoms with Gasteiger partial charge in [0.1, 0.15) is 11.5 Å². The number of phenolic OH excluding ortho intramolecular Hbond substituents is 2. The van der Waals surface area contributed by atoms with Crippen molar-refractivity contribution in [1.82, 2.24) is 5.32 Å². The predicted molar refractivity (Wildman–Crippen MR) is 75.2 cm³/mol. The molecule has 0 amide bonds. The van der Waals surface area contributed by atoms with Crippen molar-refractivity contribution >= 4 is 11.8 Å². The van der Waals surface area contributed by atoms with Crippen LogP contribution < -0.4 is 5.32 Å². The van der Waals surface area contributed by atoms with Crippen molar-refractivity contribution in [2.24, 2.45) is 0 Å². The SMILES string of the molecule is CSC(CO)C(C)NC(C)c1c(O)cccc1O. The zero-order chi connectivity index (χ0) is 13.7. The van der Waals surface area contributed by atoms with Crippen LogP contribution in [0.4, 0.5) is 0 Å². The number of aliphatic hydroxyl groups excluding tert-OH is 1. The van der Waals surface area contributed by atoms with Crippen molar-refractivity contribution in [1.29, 1.82) is 0 Å². The highest BCUT2D eigenvalue weighted by Gasteiger charge is 2.21. The molecule has 0 radical (unpaired) electrons. The molecule has 0 fully saturated rings. The number of phenols is 2. The maximum Gasteiger partial charge on any atom is 0.124 e. The normalized spacial score (nSPS) is 16.2. The lowest BCUT2D eigenvalue weighted by Crippen LogP contribution is -2.38. The number of aromatic hydroxyl groups is 2. The molecule has 4 N–H and O–H groups in total. The first-order valence-electron chi connectivity index (χ1n) is 5.91.